The van der Waals surface area contributed by atoms with Crippen molar-refractivity contribution in [3.8, 4) is 23.1 Å². The van der Waals surface area contributed by atoms with Crippen molar-refractivity contribution in [3.63, 3.8) is 0 Å². The number of halogens is 2. The van der Waals surface area contributed by atoms with Crippen molar-refractivity contribution < 1.29 is 18.0 Å². The molecule has 2 heterocycles. The number of alkyl halides is 2. The van der Waals surface area contributed by atoms with Gasteiger partial charge in [-0.3, -0.25) is 4.79 Å². The number of benzene rings is 2. The van der Waals surface area contributed by atoms with Crippen LogP contribution in [0.15, 0.2) is 87.7 Å². The van der Waals surface area contributed by atoms with Crippen LogP contribution in [-0.4, -0.2) is 21.4 Å². The molecule has 4 aromatic rings. The van der Waals surface area contributed by atoms with Crippen LogP contribution in [0.3, 0.4) is 0 Å². The first-order valence-electron chi connectivity index (χ1n) is 10.1. The highest BCUT2D eigenvalue weighted by molar-refractivity contribution is 7.99. The number of aryl methyl sites for hydroxylation is 1. The van der Waals surface area contributed by atoms with Crippen LogP contribution in [-0.2, 0) is 4.79 Å². The van der Waals surface area contributed by atoms with E-state index in [2.05, 4.69) is 10.4 Å². The van der Waals surface area contributed by atoms with Gasteiger partial charge in [0, 0.05) is 22.6 Å². The van der Waals surface area contributed by atoms with E-state index in [4.69, 9.17) is 4.42 Å². The summed E-state index contributed by atoms with van der Waals surface area (Å²) in [5.74, 6) is -1.88. The van der Waals surface area contributed by atoms with Crippen LogP contribution in [0.5, 0.6) is 0 Å². The Morgan fingerprint density at radius 3 is 2.56 bits per heavy atom. The third-order valence-corrected chi connectivity index (χ3v) is 5.44. The lowest BCUT2D eigenvalue weighted by Crippen LogP contribution is -2.16. The summed E-state index contributed by atoms with van der Waals surface area (Å²) in [5.41, 5.74) is 2.00. The van der Waals surface area contributed by atoms with E-state index in [9.17, 15) is 18.8 Å². The first-order valence-corrected chi connectivity index (χ1v) is 11.0. The van der Waals surface area contributed by atoms with Gasteiger partial charge in [0.05, 0.1) is 11.4 Å². The van der Waals surface area contributed by atoms with E-state index in [0.29, 0.717) is 45.3 Å². The van der Waals surface area contributed by atoms with Gasteiger partial charge >= 0.3 is 0 Å². The van der Waals surface area contributed by atoms with Crippen LogP contribution in [0.1, 0.15) is 11.5 Å². The number of anilines is 1. The third-order valence-electron chi connectivity index (χ3n) is 4.72. The molecule has 2 aromatic heterocycles. The SMILES string of the molecule is Cc1cc(NC(=O)/C(C#N)=C/c2ccc(-c3ccc(SC(F)F)cc3)o2)n(-c2ccccc2)n1. The quantitative estimate of drug-likeness (QED) is 0.192. The molecule has 6 nitrogen and oxygen atoms in total. The number of nitriles is 1. The number of thioether (sulfide) groups is 1. The van der Waals surface area contributed by atoms with Crippen LogP contribution >= 0.6 is 11.8 Å². The van der Waals surface area contributed by atoms with E-state index < -0.39 is 11.7 Å². The highest BCUT2D eigenvalue weighted by Gasteiger charge is 2.15. The van der Waals surface area contributed by atoms with Gasteiger partial charge in [0.1, 0.15) is 29.0 Å². The van der Waals surface area contributed by atoms with Gasteiger partial charge in [-0.15, -0.1) is 0 Å². The minimum atomic E-state index is -2.49. The molecule has 0 aliphatic carbocycles. The number of para-hydroxylation sites is 1. The van der Waals surface area contributed by atoms with Crippen molar-refractivity contribution in [3.05, 3.63) is 89.8 Å². The molecule has 0 saturated heterocycles. The van der Waals surface area contributed by atoms with E-state index in [1.54, 1.807) is 54.1 Å². The molecule has 1 amide bonds. The molecule has 1 N–H and O–H groups in total. The molecule has 0 aliphatic rings. The number of nitrogens with zero attached hydrogens (tertiary/aromatic N) is 3. The maximum atomic E-state index is 12.8. The number of rotatable bonds is 7. The molecule has 9 heteroatoms. The van der Waals surface area contributed by atoms with Gasteiger partial charge in [0.2, 0.25) is 0 Å². The Labute approximate surface area is 198 Å². The highest BCUT2D eigenvalue weighted by Crippen LogP contribution is 2.29. The summed E-state index contributed by atoms with van der Waals surface area (Å²) in [6.45, 7) is 1.80. The first kappa shape index (κ1) is 23.0. The predicted molar refractivity (Wildman–Crippen MR) is 127 cm³/mol. The van der Waals surface area contributed by atoms with Crippen LogP contribution in [0.4, 0.5) is 14.6 Å². The van der Waals surface area contributed by atoms with E-state index >= 15 is 0 Å². The fraction of sp³-hybridized carbons (Fsp3) is 0.0800. The van der Waals surface area contributed by atoms with Gasteiger partial charge in [-0.25, -0.2) is 4.68 Å². The largest absolute Gasteiger partial charge is 0.457 e. The molecule has 0 aliphatic heterocycles. The van der Waals surface area contributed by atoms with Gasteiger partial charge in [-0.2, -0.15) is 19.1 Å². The molecular weight excluding hydrogens is 458 g/mol. The van der Waals surface area contributed by atoms with Crippen molar-refractivity contribution >= 4 is 29.6 Å². The average Bonchev–Trinajstić information content (AvgIpc) is 3.44. The smallest absolute Gasteiger partial charge is 0.288 e. The van der Waals surface area contributed by atoms with Crippen molar-refractivity contribution in [2.75, 3.05) is 5.32 Å². The Morgan fingerprint density at radius 2 is 1.88 bits per heavy atom. The summed E-state index contributed by atoms with van der Waals surface area (Å²) in [6, 6.07) is 22.7. The second-order valence-electron chi connectivity index (χ2n) is 7.15. The molecule has 4 rings (SSSR count). The molecule has 0 spiro atoms. The first-order chi connectivity index (χ1) is 16.4. The number of nitrogens with one attached hydrogen (secondary N) is 1. The van der Waals surface area contributed by atoms with Gasteiger partial charge in [-0.05, 0) is 43.3 Å². The van der Waals surface area contributed by atoms with Gasteiger partial charge in [0.25, 0.3) is 11.7 Å². The molecule has 0 fully saturated rings. The zero-order valence-electron chi connectivity index (χ0n) is 17.9. The Bertz CT molecular complexity index is 1370. The predicted octanol–water partition coefficient (Wildman–Crippen LogP) is 6.30. The summed E-state index contributed by atoms with van der Waals surface area (Å²) >= 11 is 0.464. The Morgan fingerprint density at radius 1 is 1.15 bits per heavy atom. The molecule has 2 aromatic carbocycles. The second-order valence-corrected chi connectivity index (χ2v) is 8.21. The van der Waals surface area contributed by atoms with Crippen LogP contribution < -0.4 is 5.32 Å². The van der Waals surface area contributed by atoms with E-state index in [0.717, 1.165) is 5.69 Å². The van der Waals surface area contributed by atoms with Crippen molar-refractivity contribution in [1.82, 2.24) is 9.78 Å². The standard InChI is InChI=1S/C25H18F2N4O2S/c1-16-13-23(31(30-16)19-5-3-2-4-6-19)29-24(32)18(15-28)14-20-9-12-22(33-20)17-7-10-21(11-8-17)34-25(26)27/h2-14,25H,1H3,(H,29,32)/b18-14+. The fourth-order valence-corrected chi connectivity index (χ4v) is 3.71. The minimum absolute atomic E-state index is 0.150. The monoisotopic (exact) mass is 476 g/mol. The van der Waals surface area contributed by atoms with E-state index in [-0.39, 0.29) is 5.57 Å². The molecule has 0 radical (unpaired) electrons. The Balaban J connectivity index is 1.52. The maximum absolute atomic E-state index is 12.8. The lowest BCUT2D eigenvalue weighted by atomic mass is 10.2. The molecule has 0 bridgehead atoms. The number of hydrogen-bond donors (Lipinski definition) is 1. The average molecular weight is 477 g/mol. The third kappa shape index (κ3) is 5.42. The minimum Gasteiger partial charge on any atom is -0.457 e. The molecular formula is C25H18F2N4O2S. The number of amides is 1. The maximum Gasteiger partial charge on any atom is 0.288 e. The second kappa shape index (κ2) is 10.2. The Hall–Kier alpha value is -4.16. The normalized spacial score (nSPS) is 11.4. The number of carbonyl (C=O) groups is 1. The number of furan rings is 1. The molecule has 0 atom stereocenters. The molecule has 0 unspecified atom stereocenters. The summed E-state index contributed by atoms with van der Waals surface area (Å²) < 4.78 is 32.3. The lowest BCUT2D eigenvalue weighted by Gasteiger charge is -2.08. The van der Waals surface area contributed by atoms with Gasteiger partial charge in [-0.1, -0.05) is 42.1 Å². The van der Waals surface area contributed by atoms with Crippen LogP contribution in [0.25, 0.3) is 23.1 Å². The summed E-state index contributed by atoms with van der Waals surface area (Å²) in [4.78, 5) is 13.2. The highest BCUT2D eigenvalue weighted by atomic mass is 32.2. The molecule has 34 heavy (non-hydrogen) atoms. The summed E-state index contributed by atoms with van der Waals surface area (Å²) in [7, 11) is 0. The fourth-order valence-electron chi connectivity index (χ4n) is 3.22. The topological polar surface area (TPSA) is 83.9 Å². The zero-order chi connectivity index (χ0) is 24.1. The van der Waals surface area contributed by atoms with Crippen LogP contribution in [0.2, 0.25) is 0 Å². The number of aromatic nitrogens is 2. The molecule has 170 valence electrons. The number of carbonyl (C=O) groups excluding carboxylic acids is 1. The summed E-state index contributed by atoms with van der Waals surface area (Å²) in [6.07, 6.45) is 1.34. The van der Waals surface area contributed by atoms with E-state index in [1.165, 1.54) is 6.08 Å². The van der Waals surface area contributed by atoms with Gasteiger partial charge in [0.15, 0.2) is 0 Å². The Kier molecular flexibility index (Phi) is 6.90. The zero-order valence-corrected chi connectivity index (χ0v) is 18.7. The van der Waals surface area contributed by atoms with Crippen LogP contribution in [0, 0.1) is 18.3 Å². The van der Waals surface area contributed by atoms with Crippen molar-refractivity contribution in [2.24, 2.45) is 0 Å². The van der Waals surface area contributed by atoms with Crippen molar-refractivity contribution in [1.29, 1.82) is 5.26 Å². The van der Waals surface area contributed by atoms with Crippen molar-refractivity contribution in [2.45, 2.75) is 17.6 Å². The number of hydrogen-bond acceptors (Lipinski definition) is 5. The molecule has 0 saturated carbocycles. The van der Waals surface area contributed by atoms with Gasteiger partial charge < -0.3 is 9.73 Å². The van der Waals surface area contributed by atoms with E-state index in [1.807, 2.05) is 36.4 Å². The lowest BCUT2D eigenvalue weighted by molar-refractivity contribution is -0.112. The summed E-state index contributed by atoms with van der Waals surface area (Å²) in [5, 5.41) is 16.7.